The number of thiophene rings is 1. The van der Waals surface area contributed by atoms with Crippen LogP contribution in [-0.2, 0) is 0 Å². The van der Waals surface area contributed by atoms with E-state index < -0.39 is 0 Å². The van der Waals surface area contributed by atoms with Crippen molar-refractivity contribution < 1.29 is 4.79 Å². The number of aryl methyl sites for hydroxylation is 1. The first kappa shape index (κ1) is 14.7. The van der Waals surface area contributed by atoms with Crippen molar-refractivity contribution in [2.24, 2.45) is 0 Å². The molecule has 1 saturated heterocycles. The Morgan fingerprint density at radius 2 is 2.05 bits per heavy atom. The van der Waals surface area contributed by atoms with Gasteiger partial charge >= 0.3 is 0 Å². The van der Waals surface area contributed by atoms with Crippen LogP contribution >= 0.6 is 22.9 Å². The highest BCUT2D eigenvalue weighted by Crippen LogP contribution is 2.24. The Kier molecular flexibility index (Phi) is 4.37. The molecule has 21 heavy (non-hydrogen) atoms. The van der Waals surface area contributed by atoms with Crippen LogP contribution in [0.1, 0.15) is 34.6 Å². The van der Waals surface area contributed by atoms with Gasteiger partial charge in [-0.15, -0.1) is 0 Å². The average Bonchev–Trinajstić information content (AvgIpc) is 3.17. The molecule has 0 aliphatic carbocycles. The lowest BCUT2D eigenvalue weighted by Gasteiger charge is -2.37. The first-order chi connectivity index (χ1) is 10.2. The fraction of sp³-hybridized carbons (Fsp3) is 0.467. The number of hydrogen-bond acceptors (Lipinski definition) is 5. The number of carbonyl (C=O) groups excluding carboxylic acids is 1. The predicted octanol–water partition coefficient (Wildman–Crippen LogP) is 3.03. The largest absolute Gasteiger partial charge is 0.336 e. The number of amides is 1. The Balaban J connectivity index is 1.60. The summed E-state index contributed by atoms with van der Waals surface area (Å²) in [5, 5.41) is 6.19. The molecule has 0 aromatic carbocycles. The van der Waals surface area contributed by atoms with Gasteiger partial charge in [0, 0.05) is 37.6 Å². The zero-order valence-corrected chi connectivity index (χ0v) is 13.9. The van der Waals surface area contributed by atoms with Gasteiger partial charge in [0.15, 0.2) is 0 Å². The van der Waals surface area contributed by atoms with E-state index in [1.807, 2.05) is 17.2 Å². The fourth-order valence-corrected chi connectivity index (χ4v) is 4.14. The molecule has 0 saturated carbocycles. The van der Waals surface area contributed by atoms with Crippen LogP contribution in [0.3, 0.4) is 0 Å². The molecule has 1 aliphatic heterocycles. The Bertz CT molecular complexity index is 600. The van der Waals surface area contributed by atoms with Crippen molar-refractivity contribution >= 4 is 28.8 Å². The van der Waals surface area contributed by atoms with E-state index in [0.717, 1.165) is 37.4 Å². The van der Waals surface area contributed by atoms with Crippen molar-refractivity contribution in [2.45, 2.75) is 19.9 Å². The molecule has 0 radical (unpaired) electrons. The van der Waals surface area contributed by atoms with Crippen LogP contribution < -0.4 is 0 Å². The zero-order chi connectivity index (χ0) is 14.8. The molecule has 0 N–H and O–H groups in total. The molecule has 3 heterocycles. The molecule has 2 aromatic heterocycles. The molecule has 1 aliphatic rings. The van der Waals surface area contributed by atoms with E-state index in [0.29, 0.717) is 6.04 Å². The molecule has 2 aromatic rings. The summed E-state index contributed by atoms with van der Waals surface area (Å²) < 4.78 is 4.19. The topological polar surface area (TPSA) is 36.4 Å². The summed E-state index contributed by atoms with van der Waals surface area (Å²) in [7, 11) is 0. The van der Waals surface area contributed by atoms with E-state index in [1.165, 1.54) is 17.1 Å². The van der Waals surface area contributed by atoms with Gasteiger partial charge in [0.25, 0.3) is 5.91 Å². The van der Waals surface area contributed by atoms with Crippen LogP contribution in [0.25, 0.3) is 0 Å². The molecule has 4 nitrogen and oxygen atoms in total. The molecule has 1 fully saturated rings. The summed E-state index contributed by atoms with van der Waals surface area (Å²) in [5.74, 6) is 0.129. The lowest BCUT2D eigenvalue weighted by molar-refractivity contribution is 0.0582. The van der Waals surface area contributed by atoms with E-state index in [4.69, 9.17) is 0 Å². The van der Waals surface area contributed by atoms with Crippen molar-refractivity contribution in [3.8, 4) is 0 Å². The monoisotopic (exact) mass is 321 g/mol. The highest BCUT2D eigenvalue weighted by atomic mass is 32.1. The molecule has 6 heteroatoms. The standard InChI is InChI=1S/C15H19N3OS2/c1-11-14(10-21-16-11)15(19)18-6-4-17(5-7-18)12(2)13-3-8-20-9-13/h3,8-10,12H,4-7H2,1-2H3/t12-/m0/s1. The summed E-state index contributed by atoms with van der Waals surface area (Å²) in [5.41, 5.74) is 2.98. The molecule has 3 rings (SSSR count). The summed E-state index contributed by atoms with van der Waals surface area (Å²) >= 11 is 3.10. The van der Waals surface area contributed by atoms with Crippen LogP contribution in [0.2, 0.25) is 0 Å². The third-order valence-corrected chi connectivity index (χ3v) is 5.58. The van der Waals surface area contributed by atoms with Gasteiger partial charge in [-0.1, -0.05) is 0 Å². The van der Waals surface area contributed by atoms with Crippen LogP contribution in [0.4, 0.5) is 0 Å². The smallest absolute Gasteiger partial charge is 0.256 e. The molecule has 0 spiro atoms. The van der Waals surface area contributed by atoms with Crippen LogP contribution in [0.15, 0.2) is 22.2 Å². The second kappa shape index (κ2) is 6.25. The zero-order valence-electron chi connectivity index (χ0n) is 12.3. The van der Waals surface area contributed by atoms with Gasteiger partial charge in [-0.2, -0.15) is 15.7 Å². The molecule has 1 amide bonds. The van der Waals surface area contributed by atoms with Gasteiger partial charge in [-0.05, 0) is 47.8 Å². The SMILES string of the molecule is Cc1nscc1C(=O)N1CCN([C@@H](C)c2ccsc2)CC1. The number of rotatable bonds is 3. The normalized spacial score (nSPS) is 17.9. The van der Waals surface area contributed by atoms with E-state index in [9.17, 15) is 4.79 Å². The van der Waals surface area contributed by atoms with Crippen LogP contribution in [-0.4, -0.2) is 46.3 Å². The van der Waals surface area contributed by atoms with Gasteiger partial charge in [0.1, 0.15) is 0 Å². The summed E-state index contributed by atoms with van der Waals surface area (Å²) in [6.45, 7) is 7.59. The minimum absolute atomic E-state index is 0.129. The first-order valence-corrected chi connectivity index (χ1v) is 8.91. The summed E-state index contributed by atoms with van der Waals surface area (Å²) in [6.07, 6.45) is 0. The number of hydrogen-bond donors (Lipinski definition) is 0. The maximum atomic E-state index is 12.5. The van der Waals surface area contributed by atoms with Gasteiger partial charge in [-0.25, -0.2) is 0 Å². The summed E-state index contributed by atoms with van der Waals surface area (Å²) in [4.78, 5) is 16.9. The second-order valence-corrected chi connectivity index (χ2v) is 6.78. The molecule has 112 valence electrons. The minimum Gasteiger partial charge on any atom is -0.336 e. The first-order valence-electron chi connectivity index (χ1n) is 7.13. The van der Waals surface area contributed by atoms with Gasteiger partial charge in [-0.3, -0.25) is 9.69 Å². The average molecular weight is 321 g/mol. The molecule has 1 atom stereocenters. The lowest BCUT2D eigenvalue weighted by atomic mass is 10.1. The number of aromatic nitrogens is 1. The Morgan fingerprint density at radius 1 is 1.29 bits per heavy atom. The molecule has 0 unspecified atom stereocenters. The Labute approximate surface area is 133 Å². The molecule has 0 bridgehead atoms. The van der Waals surface area contributed by atoms with Crippen molar-refractivity contribution in [3.63, 3.8) is 0 Å². The van der Waals surface area contributed by atoms with E-state index in [-0.39, 0.29) is 5.91 Å². The third kappa shape index (κ3) is 3.02. The number of piperazine rings is 1. The minimum atomic E-state index is 0.129. The van der Waals surface area contributed by atoms with Gasteiger partial charge < -0.3 is 4.90 Å². The lowest BCUT2D eigenvalue weighted by Crippen LogP contribution is -2.49. The predicted molar refractivity (Wildman–Crippen MR) is 87.1 cm³/mol. The van der Waals surface area contributed by atoms with Gasteiger partial charge in [0.05, 0.1) is 11.3 Å². The third-order valence-electron chi connectivity index (χ3n) is 4.16. The van der Waals surface area contributed by atoms with Crippen molar-refractivity contribution in [1.82, 2.24) is 14.2 Å². The molecular formula is C15H19N3OS2. The Hall–Kier alpha value is -1.24. The van der Waals surface area contributed by atoms with Gasteiger partial charge in [0.2, 0.25) is 0 Å². The Morgan fingerprint density at radius 3 is 2.62 bits per heavy atom. The van der Waals surface area contributed by atoms with Crippen molar-refractivity contribution in [2.75, 3.05) is 26.2 Å². The quantitative estimate of drug-likeness (QED) is 0.872. The van der Waals surface area contributed by atoms with E-state index >= 15 is 0 Å². The molecular weight excluding hydrogens is 302 g/mol. The maximum absolute atomic E-state index is 12.5. The fourth-order valence-electron chi connectivity index (χ4n) is 2.70. The number of carbonyl (C=O) groups is 1. The van der Waals surface area contributed by atoms with Crippen molar-refractivity contribution in [1.29, 1.82) is 0 Å². The van der Waals surface area contributed by atoms with Crippen molar-refractivity contribution in [3.05, 3.63) is 39.0 Å². The highest BCUT2D eigenvalue weighted by Gasteiger charge is 2.26. The highest BCUT2D eigenvalue weighted by molar-refractivity contribution is 7.08. The van der Waals surface area contributed by atoms with E-state index in [1.54, 1.807) is 11.3 Å². The maximum Gasteiger partial charge on any atom is 0.256 e. The summed E-state index contributed by atoms with van der Waals surface area (Å²) in [6, 6.07) is 2.62. The van der Waals surface area contributed by atoms with Crippen LogP contribution in [0, 0.1) is 6.92 Å². The van der Waals surface area contributed by atoms with E-state index in [2.05, 4.69) is 33.0 Å². The second-order valence-electron chi connectivity index (χ2n) is 5.37. The number of nitrogens with zero attached hydrogens (tertiary/aromatic N) is 3. The van der Waals surface area contributed by atoms with Crippen LogP contribution in [0.5, 0.6) is 0 Å².